The first kappa shape index (κ1) is 14.9. The maximum atomic E-state index is 13.3. The van der Waals surface area contributed by atoms with Gasteiger partial charge in [-0.2, -0.15) is 14.6 Å². The summed E-state index contributed by atoms with van der Waals surface area (Å²) in [4.78, 5) is 16.2. The van der Waals surface area contributed by atoms with Gasteiger partial charge in [-0.3, -0.25) is 0 Å². The lowest BCUT2D eigenvalue weighted by Gasteiger charge is -2.07. The van der Waals surface area contributed by atoms with Gasteiger partial charge in [0.2, 0.25) is 5.95 Å². The van der Waals surface area contributed by atoms with Crippen molar-refractivity contribution in [2.45, 2.75) is 11.7 Å². The van der Waals surface area contributed by atoms with E-state index in [0.29, 0.717) is 45.6 Å². The molecule has 7 nitrogen and oxygen atoms in total. The van der Waals surface area contributed by atoms with Crippen LogP contribution in [-0.2, 0) is 6.54 Å². The van der Waals surface area contributed by atoms with Crippen molar-refractivity contribution in [1.29, 1.82) is 0 Å². The first-order valence-electron chi connectivity index (χ1n) is 7.07. The van der Waals surface area contributed by atoms with Crippen molar-refractivity contribution in [3.63, 3.8) is 0 Å². The minimum Gasteiger partial charge on any atom is -0.347 e. The second-order valence-electron chi connectivity index (χ2n) is 5.07. The van der Waals surface area contributed by atoms with Gasteiger partial charge in [0, 0.05) is 6.20 Å². The summed E-state index contributed by atoms with van der Waals surface area (Å²) in [5.41, 5.74) is 2.38. The number of benzene rings is 1. The summed E-state index contributed by atoms with van der Waals surface area (Å²) in [5.74, 6) is 0.862. The summed E-state index contributed by atoms with van der Waals surface area (Å²) < 4.78 is 14.8. The molecule has 0 aliphatic heterocycles. The number of aromatic amines is 1. The van der Waals surface area contributed by atoms with E-state index < -0.39 is 0 Å². The molecule has 0 aliphatic carbocycles. The highest BCUT2D eigenvalue weighted by molar-refractivity contribution is 7.98. The van der Waals surface area contributed by atoms with Crippen LogP contribution in [0.25, 0.3) is 16.7 Å². The monoisotopic (exact) mass is 339 g/mol. The van der Waals surface area contributed by atoms with Crippen molar-refractivity contribution in [3.8, 4) is 0 Å². The van der Waals surface area contributed by atoms with Crippen LogP contribution in [0.5, 0.6) is 0 Å². The summed E-state index contributed by atoms with van der Waals surface area (Å²) in [6.45, 7) is 0.371. The molecule has 0 aliphatic rings. The zero-order valence-electron chi connectivity index (χ0n) is 12.6. The van der Waals surface area contributed by atoms with Gasteiger partial charge in [0.15, 0.2) is 10.8 Å². The zero-order chi connectivity index (χ0) is 16.7. The molecule has 118 valence electrons. The van der Waals surface area contributed by atoms with Crippen molar-refractivity contribution in [3.05, 3.63) is 36.0 Å². The minimum atomic E-state index is -0.306. The quantitative estimate of drug-likeness (QED) is 0.430. The number of halogens is 1. The van der Waals surface area contributed by atoms with Gasteiger partial charge < -0.3 is 10.3 Å². The summed E-state index contributed by atoms with van der Waals surface area (Å²) in [6.07, 6.45) is 3.42. The van der Waals surface area contributed by atoms with E-state index in [2.05, 4.69) is 30.4 Å². The highest BCUT2D eigenvalue weighted by Crippen LogP contribution is 2.16. The maximum absolute atomic E-state index is 13.3. The van der Waals surface area contributed by atoms with Crippen LogP contribution in [0.4, 0.5) is 10.3 Å². The molecular weight excluding hydrogens is 328 g/mol. The predicted molar refractivity (Wildman–Crippen MR) is 91.3 cm³/mol. The number of imidazole rings is 1. The number of aromatic nitrogens is 6. The molecule has 2 N–H and O–H groups in total. The molecule has 0 saturated heterocycles. The molecule has 10 heteroatoms. The number of anilines is 1. The summed E-state index contributed by atoms with van der Waals surface area (Å²) in [5, 5.41) is 7.92. The smallest absolute Gasteiger partial charge is 0.228 e. The molecule has 0 spiro atoms. The molecule has 4 aromatic rings. The average molecular weight is 339 g/mol. The van der Waals surface area contributed by atoms with Crippen molar-refractivity contribution < 1.29 is 4.39 Å². The fourth-order valence-electron chi connectivity index (χ4n) is 2.36. The van der Waals surface area contributed by atoms with E-state index >= 15 is 0 Å². The molecule has 0 fully saturated rings. The Labute approximate surface area is 141 Å². The lowest BCUT2D eigenvalue weighted by Crippen LogP contribution is -2.12. The number of nitrogens with one attached hydrogen (secondary N) is 2. The van der Waals surface area contributed by atoms with Gasteiger partial charge in [-0.1, -0.05) is 11.8 Å². The van der Waals surface area contributed by atoms with Gasteiger partial charge >= 0.3 is 0 Å². The number of rotatable bonds is 4. The van der Waals surface area contributed by atoms with Crippen LogP contribution in [-0.4, -0.2) is 43.7 Å². The topological polar surface area (TPSA) is 83.8 Å². The van der Waals surface area contributed by atoms with Gasteiger partial charge in [-0.05, 0) is 29.9 Å². The highest BCUT2D eigenvalue weighted by atomic mass is 32.2. The van der Waals surface area contributed by atoms with Crippen molar-refractivity contribution in [2.24, 2.45) is 0 Å². The van der Waals surface area contributed by atoms with Gasteiger partial charge in [0.25, 0.3) is 0 Å². The van der Waals surface area contributed by atoms with Crippen LogP contribution < -0.4 is 10.8 Å². The van der Waals surface area contributed by atoms with E-state index in [-0.39, 0.29) is 5.82 Å². The van der Waals surface area contributed by atoms with Crippen LogP contribution in [0, 0.1) is 5.82 Å². The number of thioether (sulfide) groups is 1. The van der Waals surface area contributed by atoms with Crippen LogP contribution in [0.3, 0.4) is 0 Å². The Bertz CT molecular complexity index is 1040. The van der Waals surface area contributed by atoms with Crippen molar-refractivity contribution in [1.82, 2.24) is 29.5 Å². The minimum absolute atomic E-state index is 0.306. The zero-order valence-corrected chi connectivity index (χ0v) is 13.4. The molecule has 1 aromatic carbocycles. The molecule has 3 heterocycles. The number of fused-ring (bicyclic) bond motifs is 2. The SMILES string of the molecule is [B]c1cnn2c(NCc3nc4ccc(F)cc4[nH]3)nc(SC)nc12. The van der Waals surface area contributed by atoms with Gasteiger partial charge in [-0.15, -0.1) is 0 Å². The lowest BCUT2D eigenvalue weighted by molar-refractivity contribution is 0.629. The normalized spacial score (nSPS) is 11.4. The van der Waals surface area contributed by atoms with E-state index in [4.69, 9.17) is 7.85 Å². The lowest BCUT2D eigenvalue weighted by atomic mass is 10.0. The number of hydrogen-bond donors (Lipinski definition) is 2. The van der Waals surface area contributed by atoms with E-state index in [1.54, 1.807) is 6.07 Å². The second-order valence-corrected chi connectivity index (χ2v) is 5.84. The first-order valence-corrected chi connectivity index (χ1v) is 8.30. The number of H-pyrrole nitrogens is 1. The van der Waals surface area contributed by atoms with Crippen LogP contribution in [0.2, 0.25) is 0 Å². The molecule has 24 heavy (non-hydrogen) atoms. The van der Waals surface area contributed by atoms with E-state index in [1.807, 2.05) is 6.26 Å². The van der Waals surface area contributed by atoms with Crippen LogP contribution in [0.15, 0.2) is 29.6 Å². The maximum Gasteiger partial charge on any atom is 0.228 e. The van der Waals surface area contributed by atoms with E-state index in [9.17, 15) is 4.39 Å². The summed E-state index contributed by atoms with van der Waals surface area (Å²) in [6, 6.07) is 4.42. The Morgan fingerprint density at radius 1 is 1.33 bits per heavy atom. The summed E-state index contributed by atoms with van der Waals surface area (Å²) in [7, 11) is 5.88. The third-order valence-electron chi connectivity index (χ3n) is 3.46. The van der Waals surface area contributed by atoms with Crippen molar-refractivity contribution in [2.75, 3.05) is 11.6 Å². The largest absolute Gasteiger partial charge is 0.347 e. The Hall–Kier alpha value is -2.62. The van der Waals surface area contributed by atoms with Gasteiger partial charge in [0.05, 0.1) is 17.6 Å². The van der Waals surface area contributed by atoms with E-state index in [1.165, 1.54) is 34.6 Å². The van der Waals surface area contributed by atoms with Gasteiger partial charge in [-0.25, -0.2) is 14.4 Å². The molecule has 3 aromatic heterocycles. The highest BCUT2D eigenvalue weighted by Gasteiger charge is 2.11. The Balaban J connectivity index is 1.66. The van der Waals surface area contributed by atoms with Crippen LogP contribution >= 0.6 is 11.8 Å². The molecular formula is C14H11BFN7S. The Morgan fingerprint density at radius 3 is 3.04 bits per heavy atom. The predicted octanol–water partition coefficient (Wildman–Crippen LogP) is 1.27. The molecule has 2 radical (unpaired) electrons. The summed E-state index contributed by atoms with van der Waals surface area (Å²) >= 11 is 1.41. The molecule has 0 saturated carbocycles. The first-order chi connectivity index (χ1) is 11.6. The van der Waals surface area contributed by atoms with Gasteiger partial charge in [0.1, 0.15) is 19.5 Å². The standard InChI is InChI=1S/C14H11BFN7S/c1-24-14-21-12-8(15)5-18-23(12)13(22-14)17-6-11-19-9-3-2-7(16)4-10(9)20-11/h2-5H,6H2,1H3,(H,19,20)(H,17,21,22). The number of hydrogen-bond acceptors (Lipinski definition) is 6. The molecule has 0 unspecified atom stereocenters. The Kier molecular flexibility index (Phi) is 3.60. The molecule has 0 bridgehead atoms. The van der Waals surface area contributed by atoms with E-state index in [0.717, 1.165) is 0 Å². The third kappa shape index (κ3) is 2.58. The van der Waals surface area contributed by atoms with Crippen LogP contribution in [0.1, 0.15) is 5.82 Å². The molecule has 0 atom stereocenters. The fraction of sp³-hybridized carbons (Fsp3) is 0.143. The third-order valence-corrected chi connectivity index (χ3v) is 4.01. The second kappa shape index (κ2) is 5.79. The number of nitrogens with zero attached hydrogens (tertiary/aromatic N) is 5. The Morgan fingerprint density at radius 2 is 2.21 bits per heavy atom. The fourth-order valence-corrected chi connectivity index (χ4v) is 2.72. The average Bonchev–Trinajstić information content (AvgIpc) is 3.15. The van der Waals surface area contributed by atoms with Crippen molar-refractivity contribution >= 4 is 47.7 Å². The molecule has 0 amide bonds. The molecule has 4 rings (SSSR count).